The topological polar surface area (TPSA) is 77.8 Å². The Balaban J connectivity index is 1.65. The highest BCUT2D eigenvalue weighted by Gasteiger charge is 2.19. The second-order valence-corrected chi connectivity index (χ2v) is 7.70. The number of nitrogens with one attached hydrogen (secondary N) is 1. The predicted molar refractivity (Wildman–Crippen MR) is 129 cm³/mol. The fraction of sp³-hybridized carbons (Fsp3) is 0.185. The average molecular weight is 443 g/mol. The highest BCUT2D eigenvalue weighted by atomic mass is 16.5. The largest absolute Gasteiger partial charge is 0.497 e. The molecule has 3 aromatic carbocycles. The van der Waals surface area contributed by atoms with E-state index < -0.39 is 0 Å². The van der Waals surface area contributed by atoms with E-state index in [4.69, 9.17) is 13.9 Å². The van der Waals surface area contributed by atoms with Crippen LogP contribution in [-0.2, 0) is 11.2 Å². The lowest BCUT2D eigenvalue weighted by Gasteiger charge is -2.13. The van der Waals surface area contributed by atoms with E-state index in [1.165, 1.54) is 5.56 Å². The van der Waals surface area contributed by atoms with Gasteiger partial charge in [-0.3, -0.25) is 9.59 Å². The van der Waals surface area contributed by atoms with Crippen molar-refractivity contribution in [3.05, 3.63) is 88.1 Å². The van der Waals surface area contributed by atoms with E-state index in [1.54, 1.807) is 43.5 Å². The number of benzene rings is 3. The Hall–Kier alpha value is -4.06. The van der Waals surface area contributed by atoms with Crippen LogP contribution in [0.5, 0.6) is 11.5 Å². The zero-order valence-electron chi connectivity index (χ0n) is 18.8. The molecule has 0 atom stereocenters. The summed E-state index contributed by atoms with van der Waals surface area (Å²) in [5.41, 5.74) is 3.53. The first-order valence-electron chi connectivity index (χ1n) is 10.7. The van der Waals surface area contributed by atoms with E-state index in [1.807, 2.05) is 37.3 Å². The summed E-state index contributed by atoms with van der Waals surface area (Å²) in [5.74, 6) is 0.561. The second-order valence-electron chi connectivity index (χ2n) is 7.70. The van der Waals surface area contributed by atoms with E-state index in [-0.39, 0.29) is 29.5 Å². The SMILES string of the molecule is CCc1ccc(NC(=O)COc2c(-c3ccc(OC)cc3)oc3ccc(C)cc3c2=O)cc1. The molecule has 0 bridgehead atoms. The van der Waals surface area contributed by atoms with Gasteiger partial charge in [-0.25, -0.2) is 0 Å². The lowest BCUT2D eigenvalue weighted by Crippen LogP contribution is -2.22. The highest BCUT2D eigenvalue weighted by Crippen LogP contribution is 2.32. The van der Waals surface area contributed by atoms with Crippen LogP contribution >= 0.6 is 0 Å². The highest BCUT2D eigenvalue weighted by molar-refractivity contribution is 5.92. The summed E-state index contributed by atoms with van der Waals surface area (Å²) in [6.07, 6.45) is 0.919. The number of anilines is 1. The number of methoxy groups -OCH3 is 1. The van der Waals surface area contributed by atoms with Crippen LogP contribution in [0.25, 0.3) is 22.3 Å². The van der Waals surface area contributed by atoms with Crippen molar-refractivity contribution < 1.29 is 18.7 Å². The summed E-state index contributed by atoms with van der Waals surface area (Å²) in [5, 5.41) is 3.19. The van der Waals surface area contributed by atoms with Crippen molar-refractivity contribution in [3.8, 4) is 22.8 Å². The third-order valence-corrected chi connectivity index (χ3v) is 5.35. The van der Waals surface area contributed by atoms with Crippen LogP contribution in [0.2, 0.25) is 0 Å². The molecule has 4 aromatic rings. The predicted octanol–water partition coefficient (Wildman–Crippen LogP) is 5.36. The number of fused-ring (bicyclic) bond motifs is 1. The van der Waals surface area contributed by atoms with Crippen LogP contribution in [0.15, 0.2) is 75.9 Å². The Labute approximate surface area is 191 Å². The second kappa shape index (κ2) is 9.61. The molecule has 0 saturated carbocycles. The Morgan fingerprint density at radius 3 is 2.39 bits per heavy atom. The molecular weight excluding hydrogens is 418 g/mol. The molecule has 168 valence electrons. The zero-order chi connectivity index (χ0) is 23.4. The molecule has 4 rings (SSSR count). The molecule has 0 unspecified atom stereocenters. The number of aryl methyl sites for hydroxylation is 2. The molecular formula is C27H25NO5. The molecule has 33 heavy (non-hydrogen) atoms. The molecule has 1 heterocycles. The molecule has 0 saturated heterocycles. The number of hydrogen-bond acceptors (Lipinski definition) is 5. The van der Waals surface area contributed by atoms with Gasteiger partial charge in [-0.15, -0.1) is 0 Å². The molecule has 0 aliphatic rings. The van der Waals surface area contributed by atoms with Gasteiger partial charge in [0.1, 0.15) is 11.3 Å². The molecule has 0 fully saturated rings. The zero-order valence-corrected chi connectivity index (χ0v) is 18.8. The molecule has 6 heteroatoms. The Bertz CT molecular complexity index is 1340. The van der Waals surface area contributed by atoms with Crippen molar-refractivity contribution in [2.24, 2.45) is 0 Å². The van der Waals surface area contributed by atoms with Crippen LogP contribution in [0.1, 0.15) is 18.1 Å². The van der Waals surface area contributed by atoms with Crippen molar-refractivity contribution in [1.82, 2.24) is 0 Å². The van der Waals surface area contributed by atoms with Gasteiger partial charge in [0.25, 0.3) is 5.91 Å². The molecule has 6 nitrogen and oxygen atoms in total. The van der Waals surface area contributed by atoms with Crippen LogP contribution in [0.3, 0.4) is 0 Å². The van der Waals surface area contributed by atoms with Crippen LogP contribution in [0.4, 0.5) is 5.69 Å². The summed E-state index contributed by atoms with van der Waals surface area (Å²) in [6.45, 7) is 3.63. The van der Waals surface area contributed by atoms with Gasteiger partial charge in [0.2, 0.25) is 11.2 Å². The van der Waals surface area contributed by atoms with Crippen molar-refractivity contribution >= 4 is 22.6 Å². The maximum atomic E-state index is 13.3. The van der Waals surface area contributed by atoms with Gasteiger partial charge in [-0.1, -0.05) is 30.7 Å². The van der Waals surface area contributed by atoms with Crippen LogP contribution in [0, 0.1) is 6.92 Å². The summed E-state index contributed by atoms with van der Waals surface area (Å²) < 4.78 is 17.0. The first-order chi connectivity index (χ1) is 16.0. The number of carbonyl (C=O) groups is 1. The molecule has 0 aliphatic heterocycles. The Morgan fingerprint density at radius 1 is 1.00 bits per heavy atom. The first-order valence-corrected chi connectivity index (χ1v) is 10.7. The molecule has 1 aromatic heterocycles. The smallest absolute Gasteiger partial charge is 0.262 e. The summed E-state index contributed by atoms with van der Waals surface area (Å²) in [4.78, 5) is 25.8. The van der Waals surface area contributed by atoms with E-state index in [0.29, 0.717) is 28.0 Å². The van der Waals surface area contributed by atoms with Crippen molar-refractivity contribution in [1.29, 1.82) is 0 Å². The number of ether oxygens (including phenoxy) is 2. The number of carbonyl (C=O) groups excluding carboxylic acids is 1. The van der Waals surface area contributed by atoms with E-state index in [2.05, 4.69) is 12.2 Å². The van der Waals surface area contributed by atoms with Gasteiger partial charge < -0.3 is 19.2 Å². The molecule has 1 N–H and O–H groups in total. The molecule has 0 spiro atoms. The maximum Gasteiger partial charge on any atom is 0.262 e. The summed E-state index contributed by atoms with van der Waals surface area (Å²) >= 11 is 0. The fourth-order valence-electron chi connectivity index (χ4n) is 3.51. The van der Waals surface area contributed by atoms with E-state index >= 15 is 0 Å². The maximum absolute atomic E-state index is 13.3. The normalized spacial score (nSPS) is 10.8. The van der Waals surface area contributed by atoms with Gasteiger partial charge in [0.15, 0.2) is 12.4 Å². The van der Waals surface area contributed by atoms with Gasteiger partial charge in [0, 0.05) is 11.3 Å². The first kappa shape index (κ1) is 22.1. The minimum Gasteiger partial charge on any atom is -0.497 e. The third kappa shape index (κ3) is 4.90. The summed E-state index contributed by atoms with van der Waals surface area (Å²) in [6, 6.07) is 20.1. The van der Waals surface area contributed by atoms with Gasteiger partial charge in [-0.05, 0) is 67.4 Å². The molecule has 1 amide bonds. The monoisotopic (exact) mass is 443 g/mol. The summed E-state index contributed by atoms with van der Waals surface area (Å²) in [7, 11) is 1.58. The Kier molecular flexibility index (Phi) is 6.45. The molecule has 0 aliphatic carbocycles. The minimum absolute atomic E-state index is 0.00486. The van der Waals surface area contributed by atoms with Gasteiger partial charge >= 0.3 is 0 Å². The van der Waals surface area contributed by atoms with E-state index in [0.717, 1.165) is 12.0 Å². The van der Waals surface area contributed by atoms with Crippen LogP contribution in [-0.4, -0.2) is 19.6 Å². The van der Waals surface area contributed by atoms with Crippen LogP contribution < -0.4 is 20.2 Å². The average Bonchev–Trinajstić information content (AvgIpc) is 2.84. The number of amides is 1. The quantitative estimate of drug-likeness (QED) is 0.416. The van der Waals surface area contributed by atoms with Crippen molar-refractivity contribution in [2.45, 2.75) is 20.3 Å². The van der Waals surface area contributed by atoms with E-state index in [9.17, 15) is 9.59 Å². The third-order valence-electron chi connectivity index (χ3n) is 5.35. The number of hydrogen-bond donors (Lipinski definition) is 1. The van der Waals surface area contributed by atoms with Crippen molar-refractivity contribution in [2.75, 3.05) is 19.0 Å². The Morgan fingerprint density at radius 2 is 1.73 bits per heavy atom. The fourth-order valence-corrected chi connectivity index (χ4v) is 3.51. The van der Waals surface area contributed by atoms with Crippen molar-refractivity contribution in [3.63, 3.8) is 0 Å². The van der Waals surface area contributed by atoms with Gasteiger partial charge in [0.05, 0.1) is 12.5 Å². The van der Waals surface area contributed by atoms with Gasteiger partial charge in [-0.2, -0.15) is 0 Å². The standard InChI is InChI=1S/C27H25NO5/c1-4-18-6-10-20(11-7-18)28-24(29)16-32-27-25(30)22-15-17(2)5-14-23(22)33-26(27)19-8-12-21(31-3)13-9-19/h5-15H,4,16H2,1-3H3,(H,28,29). The molecule has 0 radical (unpaired) electrons. The lowest BCUT2D eigenvalue weighted by atomic mass is 10.1. The minimum atomic E-state index is -0.372. The number of rotatable bonds is 7. The lowest BCUT2D eigenvalue weighted by molar-refractivity contribution is -0.118.